The summed E-state index contributed by atoms with van der Waals surface area (Å²) in [6, 6.07) is 6.80. The Labute approximate surface area is 194 Å². The summed E-state index contributed by atoms with van der Waals surface area (Å²) in [4.78, 5) is 24.7. The molecule has 4 heterocycles. The largest absolute Gasteiger partial charge is 0.357 e. The van der Waals surface area contributed by atoms with E-state index in [0.29, 0.717) is 18.2 Å². The average molecular weight is 446 g/mol. The van der Waals surface area contributed by atoms with Gasteiger partial charge in [0.2, 0.25) is 5.91 Å². The van der Waals surface area contributed by atoms with E-state index in [1.165, 1.54) is 6.42 Å². The van der Waals surface area contributed by atoms with Crippen molar-refractivity contribution in [2.24, 2.45) is 10.4 Å². The fourth-order valence-corrected chi connectivity index (χ4v) is 5.13. The fourth-order valence-electron chi connectivity index (χ4n) is 5.13. The van der Waals surface area contributed by atoms with Crippen LogP contribution in [0.25, 0.3) is 0 Å². The fraction of sp³-hybridized carbons (Fsp3) is 0.560. The van der Waals surface area contributed by atoms with Crippen LogP contribution in [0.2, 0.25) is 0 Å². The lowest BCUT2D eigenvalue weighted by atomic mass is 9.74. The Morgan fingerprint density at radius 2 is 2.06 bits per heavy atom. The number of hydrogen-bond acceptors (Lipinski definition) is 6. The Bertz CT molecular complexity index is 1100. The first-order valence-electron chi connectivity index (χ1n) is 12.1. The number of hydrogen-bond donors (Lipinski definition) is 1. The van der Waals surface area contributed by atoms with Crippen LogP contribution in [-0.4, -0.2) is 52.1 Å². The third-order valence-corrected chi connectivity index (χ3v) is 7.74. The minimum Gasteiger partial charge on any atom is -0.357 e. The molecule has 1 saturated heterocycles. The molecule has 2 aliphatic heterocycles. The summed E-state index contributed by atoms with van der Waals surface area (Å²) in [5.41, 5.74) is 2.72. The molecule has 1 atom stereocenters. The van der Waals surface area contributed by atoms with Gasteiger partial charge in [0.1, 0.15) is 17.6 Å². The summed E-state index contributed by atoms with van der Waals surface area (Å²) in [7, 11) is 0. The number of carbonyl (C=O) groups is 1. The number of carbonyl (C=O) groups excluding carboxylic acids is 1. The molecular weight excluding hydrogens is 414 g/mol. The molecule has 8 heteroatoms. The number of pyridine rings is 1. The van der Waals surface area contributed by atoms with Gasteiger partial charge in [-0.15, -0.1) is 0 Å². The van der Waals surface area contributed by atoms with Gasteiger partial charge in [0.25, 0.3) is 0 Å². The topological polar surface area (TPSA) is 99.2 Å². The minimum atomic E-state index is -0.258. The van der Waals surface area contributed by atoms with Crippen LogP contribution < -0.4 is 10.2 Å². The molecule has 0 spiro atoms. The van der Waals surface area contributed by atoms with Crippen molar-refractivity contribution in [1.29, 1.82) is 5.26 Å². The van der Waals surface area contributed by atoms with Crippen molar-refractivity contribution >= 4 is 17.4 Å². The molecule has 8 nitrogen and oxygen atoms in total. The highest BCUT2D eigenvalue weighted by atomic mass is 16.2. The first-order chi connectivity index (χ1) is 16.0. The molecule has 0 aromatic carbocycles. The molecule has 1 unspecified atom stereocenters. The van der Waals surface area contributed by atoms with E-state index in [9.17, 15) is 10.1 Å². The van der Waals surface area contributed by atoms with Gasteiger partial charge in [0, 0.05) is 30.9 Å². The molecule has 0 radical (unpaired) electrons. The second-order valence-corrected chi connectivity index (χ2v) is 9.63. The number of fused-ring (bicyclic) bond motifs is 1. The summed E-state index contributed by atoms with van der Waals surface area (Å²) < 4.78 is 1.89. The Hall–Kier alpha value is -3.21. The average Bonchev–Trinajstić information content (AvgIpc) is 3.27. The number of nitrogens with one attached hydrogen (secondary N) is 1. The van der Waals surface area contributed by atoms with Gasteiger partial charge in [0.15, 0.2) is 0 Å². The van der Waals surface area contributed by atoms with Crippen molar-refractivity contribution < 1.29 is 4.79 Å². The Balaban J connectivity index is 1.29. The van der Waals surface area contributed by atoms with Gasteiger partial charge < -0.3 is 10.2 Å². The van der Waals surface area contributed by atoms with E-state index >= 15 is 0 Å². The zero-order valence-electron chi connectivity index (χ0n) is 19.4. The summed E-state index contributed by atoms with van der Waals surface area (Å²) >= 11 is 0. The van der Waals surface area contributed by atoms with Crippen molar-refractivity contribution in [3.63, 3.8) is 0 Å². The van der Waals surface area contributed by atoms with Crippen LogP contribution in [0.3, 0.4) is 0 Å². The van der Waals surface area contributed by atoms with Gasteiger partial charge in [-0.25, -0.2) is 4.98 Å². The summed E-state index contributed by atoms with van der Waals surface area (Å²) in [6.45, 7) is 6.46. The van der Waals surface area contributed by atoms with E-state index in [-0.39, 0.29) is 17.4 Å². The van der Waals surface area contributed by atoms with Crippen LogP contribution in [-0.2, 0) is 4.79 Å². The standard InChI is InChI=1S/C25H31N7O/c1-3-25(24(33)30-20-5-4-6-20)9-11-31(12-10-25)21-8-7-18(15-27-21)22-23-19(13-26)16-29-32(23)17(2)14-28-22/h7-8,15-17,20H,3-6,9-12,14H2,1-2H3,(H,30,33). The van der Waals surface area contributed by atoms with Crippen molar-refractivity contribution in [2.45, 2.75) is 64.5 Å². The van der Waals surface area contributed by atoms with Crippen LogP contribution in [0.4, 0.5) is 5.82 Å². The lowest BCUT2D eigenvalue weighted by molar-refractivity contribution is -0.133. The molecular formula is C25H31N7O. The van der Waals surface area contributed by atoms with Crippen LogP contribution in [0.15, 0.2) is 29.5 Å². The zero-order valence-corrected chi connectivity index (χ0v) is 19.4. The van der Waals surface area contributed by atoms with E-state index < -0.39 is 0 Å². The van der Waals surface area contributed by atoms with E-state index in [2.05, 4.69) is 35.2 Å². The van der Waals surface area contributed by atoms with Crippen LogP contribution in [0, 0.1) is 16.7 Å². The highest BCUT2D eigenvalue weighted by Crippen LogP contribution is 2.37. The number of rotatable bonds is 5. The maximum Gasteiger partial charge on any atom is 0.226 e. The van der Waals surface area contributed by atoms with Crippen molar-refractivity contribution in [2.75, 3.05) is 24.5 Å². The summed E-state index contributed by atoms with van der Waals surface area (Å²) in [6.07, 6.45) is 9.49. The number of nitrogens with zero attached hydrogens (tertiary/aromatic N) is 6. The van der Waals surface area contributed by atoms with Crippen LogP contribution in [0.5, 0.6) is 0 Å². The molecule has 5 rings (SSSR count). The predicted molar refractivity (Wildman–Crippen MR) is 126 cm³/mol. The number of aliphatic imine (C=N–C) groups is 1. The number of piperidine rings is 1. The maximum atomic E-state index is 13.0. The molecule has 1 amide bonds. The second-order valence-electron chi connectivity index (χ2n) is 9.63. The molecule has 1 saturated carbocycles. The van der Waals surface area contributed by atoms with Gasteiger partial charge in [-0.1, -0.05) is 6.92 Å². The minimum absolute atomic E-state index is 0.131. The molecule has 2 aromatic heterocycles. The quantitative estimate of drug-likeness (QED) is 0.762. The third kappa shape index (κ3) is 3.79. The lowest BCUT2D eigenvalue weighted by Crippen LogP contribution is -2.52. The van der Waals surface area contributed by atoms with Crippen molar-refractivity contribution in [3.05, 3.63) is 41.3 Å². The van der Waals surface area contributed by atoms with E-state index in [1.54, 1.807) is 6.20 Å². The Kier molecular flexibility index (Phi) is 5.65. The van der Waals surface area contributed by atoms with Crippen molar-refractivity contribution in [1.82, 2.24) is 20.1 Å². The molecule has 3 aliphatic rings. The van der Waals surface area contributed by atoms with Crippen molar-refractivity contribution in [3.8, 4) is 6.07 Å². The molecule has 1 N–H and O–H groups in total. The Morgan fingerprint density at radius 1 is 1.27 bits per heavy atom. The molecule has 1 aliphatic carbocycles. The third-order valence-electron chi connectivity index (χ3n) is 7.74. The molecule has 2 aromatic rings. The summed E-state index contributed by atoms with van der Waals surface area (Å²) in [5.74, 6) is 1.16. The number of aromatic nitrogens is 3. The highest BCUT2D eigenvalue weighted by Gasteiger charge is 2.41. The van der Waals surface area contributed by atoms with Gasteiger partial charge in [-0.05, 0) is 57.6 Å². The molecule has 33 heavy (non-hydrogen) atoms. The normalized spacial score (nSPS) is 22.0. The van der Waals surface area contributed by atoms with Gasteiger partial charge >= 0.3 is 0 Å². The van der Waals surface area contributed by atoms with Crippen LogP contribution >= 0.6 is 0 Å². The SMILES string of the molecule is CCC1(C(=O)NC2CCC2)CCN(c2ccc(C3=NCC(C)n4ncc(C#N)c43)cn2)CC1. The molecule has 172 valence electrons. The first-order valence-corrected chi connectivity index (χ1v) is 12.1. The Morgan fingerprint density at radius 3 is 2.67 bits per heavy atom. The highest BCUT2D eigenvalue weighted by molar-refractivity contribution is 6.13. The van der Waals surface area contributed by atoms with E-state index in [4.69, 9.17) is 9.98 Å². The van der Waals surface area contributed by atoms with Gasteiger partial charge in [-0.3, -0.25) is 14.5 Å². The first kappa shape index (κ1) is 21.6. The lowest BCUT2D eigenvalue weighted by Gasteiger charge is -2.42. The van der Waals surface area contributed by atoms with E-state index in [1.807, 2.05) is 23.0 Å². The number of nitriles is 1. The molecule has 0 bridgehead atoms. The van der Waals surface area contributed by atoms with Gasteiger partial charge in [-0.2, -0.15) is 10.4 Å². The molecule has 2 fully saturated rings. The monoisotopic (exact) mass is 445 g/mol. The second kappa shape index (κ2) is 8.62. The number of anilines is 1. The van der Waals surface area contributed by atoms with Gasteiger partial charge in [0.05, 0.1) is 35.5 Å². The van der Waals surface area contributed by atoms with Crippen LogP contribution in [0.1, 0.15) is 75.2 Å². The zero-order chi connectivity index (χ0) is 23.0. The summed E-state index contributed by atoms with van der Waals surface area (Å²) in [5, 5.41) is 17.2. The smallest absolute Gasteiger partial charge is 0.226 e. The number of amides is 1. The predicted octanol–water partition coefficient (Wildman–Crippen LogP) is 3.23. The van der Waals surface area contributed by atoms with E-state index in [0.717, 1.165) is 68.0 Å². The maximum absolute atomic E-state index is 13.0.